The third-order valence-corrected chi connectivity index (χ3v) is 16.8. The van der Waals surface area contributed by atoms with E-state index in [0.29, 0.717) is 131 Å². The van der Waals surface area contributed by atoms with Crippen molar-refractivity contribution in [2.45, 2.75) is 119 Å². The summed E-state index contributed by atoms with van der Waals surface area (Å²) in [5.41, 5.74) is 3.97. The summed E-state index contributed by atoms with van der Waals surface area (Å²) in [6.45, 7) is 30.5. The van der Waals surface area contributed by atoms with Crippen LogP contribution in [0.4, 0.5) is 5.82 Å². The van der Waals surface area contributed by atoms with Crippen LogP contribution in [0.5, 0.6) is 5.75 Å². The fraction of sp³-hybridized carbons (Fsp3) is 0.652. The second-order valence-electron chi connectivity index (χ2n) is 25.4. The molecule has 1 aliphatic carbocycles. The normalized spacial score (nSPS) is 16.6. The molecule has 1 saturated heterocycles. The lowest BCUT2D eigenvalue weighted by Gasteiger charge is -2.39. The van der Waals surface area contributed by atoms with Crippen LogP contribution < -0.4 is 10.1 Å². The van der Waals surface area contributed by atoms with Crippen LogP contribution in [0, 0.1) is 23.2 Å². The van der Waals surface area contributed by atoms with Gasteiger partial charge in [0.15, 0.2) is 0 Å². The number of para-hydroxylation sites is 1. The number of carbonyl (C=O) groups is 1. The molecule has 0 spiro atoms. The predicted octanol–water partition coefficient (Wildman–Crippen LogP) is 10.7. The molecule has 0 radical (unpaired) electrons. The maximum absolute atomic E-state index is 13.4. The van der Waals surface area contributed by atoms with E-state index in [0.717, 1.165) is 104 Å². The van der Waals surface area contributed by atoms with Crippen molar-refractivity contribution in [2.75, 3.05) is 144 Å². The average Bonchev–Trinajstić information content (AvgIpc) is 3.37. The maximum atomic E-state index is 13.4. The highest BCUT2D eigenvalue weighted by atomic mass is 35.5. The van der Waals surface area contributed by atoms with E-state index in [4.69, 9.17) is 61.6 Å². The van der Waals surface area contributed by atoms with E-state index in [9.17, 15) is 4.79 Å². The van der Waals surface area contributed by atoms with Crippen molar-refractivity contribution < 1.29 is 33.2 Å². The fourth-order valence-corrected chi connectivity index (χ4v) is 11.9. The van der Waals surface area contributed by atoms with Crippen LogP contribution in [0.15, 0.2) is 72.9 Å². The van der Waals surface area contributed by atoms with E-state index in [-0.39, 0.29) is 18.6 Å². The molecular weight excluding hydrogens is 1130 g/mol. The second-order valence-corrected chi connectivity index (χ2v) is 26.2. The highest BCUT2D eigenvalue weighted by Gasteiger charge is 2.32. The Kier molecular flexibility index (Phi) is 29.0. The number of rotatable bonds is 38. The van der Waals surface area contributed by atoms with E-state index in [2.05, 4.69) is 122 Å². The van der Waals surface area contributed by atoms with Gasteiger partial charge in [0.1, 0.15) is 29.7 Å². The Balaban J connectivity index is 0.686. The van der Waals surface area contributed by atoms with Crippen molar-refractivity contribution in [2.24, 2.45) is 23.2 Å². The molecule has 18 nitrogen and oxygen atoms in total. The van der Waals surface area contributed by atoms with Gasteiger partial charge in [-0.25, -0.2) is 14.6 Å². The summed E-state index contributed by atoms with van der Waals surface area (Å²) in [6.07, 6.45) is 7.62. The SMILES string of the molecule is CC(C)CN(CC(=O)N1CCN(CC(OCc2ccc(OCc3cn(CCOCCOCCOCCOCCN(C)CCCNc4nc(CN(C)C5CCC(C(C)(C)C)CC5)nc5ccccc45)nn3)cc2)c2ccc(Cl)cc2Cl)CC1)CC(C)C. The first kappa shape index (κ1) is 68.9. The molecule has 1 atom stereocenters. The molecule has 1 amide bonds. The number of nitrogens with one attached hydrogen (secondary N) is 1. The zero-order valence-electron chi connectivity index (χ0n) is 53.2. The average molecular weight is 1230 g/mol. The number of hydrogen-bond acceptors (Lipinski definition) is 16. The zero-order chi connectivity index (χ0) is 61.3. The number of benzene rings is 3. The molecule has 1 saturated carbocycles. The van der Waals surface area contributed by atoms with Gasteiger partial charge in [-0.3, -0.25) is 19.5 Å². The van der Waals surface area contributed by atoms with Gasteiger partial charge < -0.3 is 43.5 Å². The molecule has 7 rings (SSSR count). The number of anilines is 1. The summed E-state index contributed by atoms with van der Waals surface area (Å²) in [6, 6.07) is 22.3. The number of fused-ring (bicyclic) bond motifs is 1. The molecule has 3 aromatic carbocycles. The molecule has 1 unspecified atom stereocenters. The van der Waals surface area contributed by atoms with E-state index in [1.54, 1.807) is 10.7 Å². The lowest BCUT2D eigenvalue weighted by Crippen LogP contribution is -2.52. The van der Waals surface area contributed by atoms with E-state index in [1.165, 1.54) is 25.7 Å². The molecule has 20 heteroatoms. The van der Waals surface area contributed by atoms with Crippen molar-refractivity contribution in [3.05, 3.63) is 106 Å². The van der Waals surface area contributed by atoms with Gasteiger partial charge in [0, 0.05) is 85.9 Å². The molecule has 1 aliphatic heterocycles. The number of carbonyl (C=O) groups excluding carboxylic acids is 1. The zero-order valence-corrected chi connectivity index (χ0v) is 54.7. The van der Waals surface area contributed by atoms with Gasteiger partial charge in [-0.05, 0) is 118 Å². The van der Waals surface area contributed by atoms with Crippen LogP contribution in [-0.2, 0) is 54.8 Å². The third kappa shape index (κ3) is 24.1. The van der Waals surface area contributed by atoms with Gasteiger partial charge >= 0.3 is 0 Å². The number of aromatic nitrogens is 5. The number of nitrogens with zero attached hydrogens (tertiary/aromatic N) is 10. The molecule has 2 fully saturated rings. The third-order valence-electron chi connectivity index (χ3n) is 16.2. The highest BCUT2D eigenvalue weighted by Crippen LogP contribution is 2.39. The smallest absolute Gasteiger partial charge is 0.236 e. The van der Waals surface area contributed by atoms with Crippen molar-refractivity contribution in [3.63, 3.8) is 0 Å². The van der Waals surface area contributed by atoms with Crippen LogP contribution in [0.25, 0.3) is 10.9 Å². The minimum Gasteiger partial charge on any atom is -0.487 e. The van der Waals surface area contributed by atoms with E-state index < -0.39 is 0 Å². The van der Waals surface area contributed by atoms with Gasteiger partial charge in [-0.15, -0.1) is 5.10 Å². The molecule has 86 heavy (non-hydrogen) atoms. The van der Waals surface area contributed by atoms with Crippen molar-refractivity contribution in [3.8, 4) is 5.75 Å². The van der Waals surface area contributed by atoms with Crippen molar-refractivity contribution >= 4 is 45.8 Å². The molecule has 1 N–H and O–H groups in total. The summed E-state index contributed by atoms with van der Waals surface area (Å²) in [7, 11) is 4.37. The molecule has 0 bridgehead atoms. The Labute approximate surface area is 523 Å². The summed E-state index contributed by atoms with van der Waals surface area (Å²) < 4.78 is 37.4. The molecule has 476 valence electrons. The Morgan fingerprint density at radius 2 is 1.43 bits per heavy atom. The summed E-state index contributed by atoms with van der Waals surface area (Å²) in [5.74, 6) is 4.53. The fourth-order valence-electron chi connectivity index (χ4n) is 11.4. The molecular formula is C66H101Cl2N11O7. The van der Waals surface area contributed by atoms with Gasteiger partial charge in [-0.2, -0.15) is 0 Å². The first-order valence-electron chi connectivity index (χ1n) is 31.5. The van der Waals surface area contributed by atoms with Gasteiger partial charge in [0.2, 0.25) is 5.91 Å². The Morgan fingerprint density at radius 3 is 2.09 bits per heavy atom. The minimum absolute atomic E-state index is 0.200. The van der Waals surface area contributed by atoms with Crippen molar-refractivity contribution in [1.82, 2.24) is 49.5 Å². The topological polar surface area (TPSA) is 157 Å². The summed E-state index contributed by atoms with van der Waals surface area (Å²) in [5, 5.41) is 14.4. The summed E-state index contributed by atoms with van der Waals surface area (Å²) in [4.78, 5) is 34.8. The number of amides is 1. The Hall–Kier alpha value is -4.57. The van der Waals surface area contributed by atoms with Gasteiger partial charge in [0.25, 0.3) is 0 Å². The molecule has 5 aromatic rings. The Bertz CT molecular complexity index is 2720. The monoisotopic (exact) mass is 1230 g/mol. The van der Waals surface area contributed by atoms with Crippen LogP contribution in [0.3, 0.4) is 0 Å². The van der Waals surface area contributed by atoms with Gasteiger partial charge in [0.05, 0.1) is 96.9 Å². The maximum Gasteiger partial charge on any atom is 0.236 e. The summed E-state index contributed by atoms with van der Waals surface area (Å²) >= 11 is 13.0. The number of likely N-dealkylation sites (N-methyl/N-ethyl adjacent to an activating group) is 1. The minimum atomic E-state index is -0.301. The predicted molar refractivity (Wildman–Crippen MR) is 344 cm³/mol. The second kappa shape index (κ2) is 36.2. The molecule has 2 aromatic heterocycles. The molecule has 2 aliphatic rings. The molecule has 3 heterocycles. The van der Waals surface area contributed by atoms with E-state index in [1.807, 2.05) is 47.5 Å². The first-order chi connectivity index (χ1) is 41.4. The number of piperazine rings is 1. The first-order valence-corrected chi connectivity index (χ1v) is 32.3. The van der Waals surface area contributed by atoms with Crippen molar-refractivity contribution in [1.29, 1.82) is 0 Å². The van der Waals surface area contributed by atoms with Gasteiger partial charge in [-0.1, -0.05) is 107 Å². The van der Waals surface area contributed by atoms with Crippen LogP contribution in [0.2, 0.25) is 10.0 Å². The Morgan fingerprint density at radius 1 is 0.767 bits per heavy atom. The van der Waals surface area contributed by atoms with E-state index >= 15 is 0 Å². The van der Waals surface area contributed by atoms with Crippen LogP contribution in [-0.4, -0.2) is 200 Å². The van der Waals surface area contributed by atoms with Crippen LogP contribution >= 0.6 is 23.2 Å². The number of hydrogen-bond donors (Lipinski definition) is 1. The highest BCUT2D eigenvalue weighted by molar-refractivity contribution is 6.35. The lowest BCUT2D eigenvalue weighted by molar-refractivity contribution is -0.134. The number of halogens is 2. The van der Waals surface area contributed by atoms with Crippen LogP contribution in [0.1, 0.15) is 109 Å². The standard InChI is InChI=1S/C66H101Cl2N11O7/c1-50(2)42-77(43-51(3)4)47-64(80)78-29-27-76(28-30-78)45-62(58-24-19-54(67)41-60(58)68)86-48-52-15-22-57(23-16-52)85-49-55-44-79(73-72-55)32-34-82-36-38-84-40-39-83-37-35-81-33-31-74(8)26-12-25-69-65-59-13-10-11-14-61(59)70-63(71-65)46-75(9)56-20-17-53(18-21-56)66(5,6)7/h10-11,13-16,19,22-24,41,44,50-51,53,56,62H,12,17-18,20-21,25-40,42-43,45-49H2,1-9H3,(H,69,70,71). The largest absolute Gasteiger partial charge is 0.487 e. The lowest BCUT2D eigenvalue weighted by atomic mass is 9.71. The quantitative estimate of drug-likeness (QED) is 0.0372. The number of ether oxygens (including phenoxy) is 6.